The summed E-state index contributed by atoms with van der Waals surface area (Å²) in [6.45, 7) is 7.16. The van der Waals surface area contributed by atoms with E-state index in [9.17, 15) is 15.0 Å². The maximum atomic E-state index is 11.2. The van der Waals surface area contributed by atoms with E-state index in [4.69, 9.17) is 5.11 Å². The summed E-state index contributed by atoms with van der Waals surface area (Å²) in [6, 6.07) is 0. The molecule has 0 aromatic rings. The highest BCUT2D eigenvalue weighted by molar-refractivity contribution is 5.66. The Morgan fingerprint density at radius 2 is 1.68 bits per heavy atom. The topological polar surface area (TPSA) is 77.8 Å². The van der Waals surface area contributed by atoms with Crippen LogP contribution in [0.2, 0.25) is 0 Å². The number of hydrogen-bond donors (Lipinski definition) is 3. The molecule has 0 bridgehead atoms. The second-order valence-corrected chi connectivity index (χ2v) is 11.4. The standard InChI is InChI=1S/C24H40O4/c1-14(4-7-21(27)28)17-5-6-18-22-19(9-11-24(17,18)3)23(2)10-8-16(25)12-15(23)13-20(22)26/h14-20,22,25-26H,4-13H2,1-3H3,(H,27,28)/t14?,15?,16-,17-,18+,19+,20?,22+,23+,24-/m1/s1. The van der Waals surface area contributed by atoms with Gasteiger partial charge in [-0.25, -0.2) is 0 Å². The van der Waals surface area contributed by atoms with Crippen molar-refractivity contribution in [2.45, 2.75) is 97.2 Å². The van der Waals surface area contributed by atoms with E-state index in [-0.39, 0.29) is 29.5 Å². The third-order valence-electron chi connectivity index (χ3n) is 10.2. The van der Waals surface area contributed by atoms with Crippen molar-refractivity contribution in [3.05, 3.63) is 0 Å². The van der Waals surface area contributed by atoms with Crippen LogP contribution in [-0.2, 0) is 4.79 Å². The van der Waals surface area contributed by atoms with E-state index in [1.165, 1.54) is 25.7 Å². The van der Waals surface area contributed by atoms with Gasteiger partial charge in [0.1, 0.15) is 0 Å². The molecular weight excluding hydrogens is 352 g/mol. The van der Waals surface area contributed by atoms with Crippen LogP contribution in [0.1, 0.15) is 85.0 Å². The number of rotatable bonds is 4. The van der Waals surface area contributed by atoms with E-state index in [2.05, 4.69) is 20.8 Å². The van der Waals surface area contributed by atoms with Gasteiger partial charge in [-0.1, -0.05) is 20.8 Å². The van der Waals surface area contributed by atoms with Crippen molar-refractivity contribution < 1.29 is 20.1 Å². The summed E-state index contributed by atoms with van der Waals surface area (Å²) in [5.74, 6) is 2.36. The van der Waals surface area contributed by atoms with Gasteiger partial charge < -0.3 is 15.3 Å². The number of hydrogen-bond acceptors (Lipinski definition) is 3. The summed E-state index contributed by atoms with van der Waals surface area (Å²) in [5, 5.41) is 30.5. The molecule has 3 N–H and O–H groups in total. The Hall–Kier alpha value is -0.610. The van der Waals surface area contributed by atoms with Crippen molar-refractivity contribution in [3.63, 3.8) is 0 Å². The molecule has 0 heterocycles. The predicted molar refractivity (Wildman–Crippen MR) is 109 cm³/mol. The number of carbonyl (C=O) groups is 1. The average molecular weight is 393 g/mol. The molecule has 0 radical (unpaired) electrons. The summed E-state index contributed by atoms with van der Waals surface area (Å²) in [7, 11) is 0. The molecule has 4 heteroatoms. The van der Waals surface area contributed by atoms with E-state index in [0.717, 1.165) is 32.1 Å². The van der Waals surface area contributed by atoms with Crippen molar-refractivity contribution in [2.75, 3.05) is 0 Å². The van der Waals surface area contributed by atoms with Crippen molar-refractivity contribution in [3.8, 4) is 0 Å². The van der Waals surface area contributed by atoms with Gasteiger partial charge in [0, 0.05) is 6.42 Å². The molecule has 0 aliphatic heterocycles. The monoisotopic (exact) mass is 392 g/mol. The maximum absolute atomic E-state index is 11.2. The first-order valence-electron chi connectivity index (χ1n) is 11.7. The molecule has 0 spiro atoms. The van der Waals surface area contributed by atoms with E-state index in [1.54, 1.807) is 0 Å². The molecule has 0 saturated heterocycles. The van der Waals surface area contributed by atoms with Gasteiger partial charge in [-0.2, -0.15) is 0 Å². The minimum Gasteiger partial charge on any atom is -0.481 e. The molecule has 4 nitrogen and oxygen atoms in total. The van der Waals surface area contributed by atoms with E-state index >= 15 is 0 Å². The highest BCUT2D eigenvalue weighted by Gasteiger charge is 2.62. The molecule has 28 heavy (non-hydrogen) atoms. The van der Waals surface area contributed by atoms with Crippen LogP contribution in [0.25, 0.3) is 0 Å². The first kappa shape index (κ1) is 20.7. The molecule has 3 unspecified atom stereocenters. The minimum atomic E-state index is -0.684. The van der Waals surface area contributed by atoms with Crippen molar-refractivity contribution >= 4 is 5.97 Å². The minimum absolute atomic E-state index is 0.179. The number of aliphatic hydroxyl groups excluding tert-OH is 2. The normalized spacial score (nSPS) is 51.7. The third kappa shape index (κ3) is 3.14. The van der Waals surface area contributed by atoms with Crippen molar-refractivity contribution in [1.29, 1.82) is 0 Å². The summed E-state index contributed by atoms with van der Waals surface area (Å²) in [5.41, 5.74) is 0.523. The molecule has 4 rings (SSSR count). The quantitative estimate of drug-likeness (QED) is 0.659. The molecule has 160 valence electrons. The lowest BCUT2D eigenvalue weighted by molar-refractivity contribution is -0.174. The Bertz CT molecular complexity index is 605. The molecule has 4 saturated carbocycles. The van der Waals surface area contributed by atoms with Gasteiger partial charge in [-0.3, -0.25) is 4.79 Å². The van der Waals surface area contributed by atoms with Gasteiger partial charge in [0.05, 0.1) is 12.2 Å². The number of carboxylic acids is 1. The average Bonchev–Trinajstić information content (AvgIpc) is 2.98. The van der Waals surface area contributed by atoms with Gasteiger partial charge in [0.15, 0.2) is 0 Å². The summed E-state index contributed by atoms with van der Waals surface area (Å²) < 4.78 is 0. The largest absolute Gasteiger partial charge is 0.481 e. The lowest BCUT2D eigenvalue weighted by atomic mass is 9.43. The summed E-state index contributed by atoms with van der Waals surface area (Å²) in [6.07, 6.45) is 9.19. The number of aliphatic hydroxyl groups is 2. The summed E-state index contributed by atoms with van der Waals surface area (Å²) >= 11 is 0. The smallest absolute Gasteiger partial charge is 0.303 e. The molecule has 0 aromatic carbocycles. The lowest BCUT2D eigenvalue weighted by Gasteiger charge is -2.62. The van der Waals surface area contributed by atoms with E-state index < -0.39 is 5.97 Å². The fourth-order valence-corrected chi connectivity index (χ4v) is 8.73. The Kier molecular flexibility index (Phi) is 5.36. The zero-order valence-corrected chi connectivity index (χ0v) is 17.9. The molecule has 10 atom stereocenters. The summed E-state index contributed by atoms with van der Waals surface area (Å²) in [4.78, 5) is 11.1. The van der Waals surface area contributed by atoms with Crippen LogP contribution in [-0.4, -0.2) is 33.5 Å². The zero-order chi connectivity index (χ0) is 20.3. The molecule has 4 aliphatic rings. The Labute approximate surface area is 170 Å². The Morgan fingerprint density at radius 3 is 2.39 bits per heavy atom. The highest BCUT2D eigenvalue weighted by atomic mass is 16.4. The second kappa shape index (κ2) is 7.27. The van der Waals surface area contributed by atoms with Gasteiger partial charge in [0.25, 0.3) is 0 Å². The first-order chi connectivity index (χ1) is 13.2. The van der Waals surface area contributed by atoms with E-state index in [0.29, 0.717) is 35.5 Å². The fourth-order valence-electron chi connectivity index (χ4n) is 8.73. The van der Waals surface area contributed by atoms with Gasteiger partial charge in [0.2, 0.25) is 0 Å². The van der Waals surface area contributed by atoms with Gasteiger partial charge >= 0.3 is 5.97 Å². The lowest BCUT2D eigenvalue weighted by Crippen LogP contribution is -2.58. The van der Waals surface area contributed by atoms with E-state index in [1.807, 2.05) is 0 Å². The highest BCUT2D eigenvalue weighted by Crippen LogP contribution is 2.68. The van der Waals surface area contributed by atoms with Gasteiger partial charge in [-0.05, 0) is 104 Å². The second-order valence-electron chi connectivity index (χ2n) is 11.4. The van der Waals surface area contributed by atoms with Crippen LogP contribution < -0.4 is 0 Å². The Balaban J connectivity index is 1.55. The SMILES string of the molecule is CC(CCC(=O)O)[C@H]1CC[C@H]2[C@@H]3C(O)CC4C[C@H](O)CC[C@]4(C)[C@H]3CC[C@]12C. The molecule has 4 aliphatic carbocycles. The molecular formula is C24H40O4. The maximum Gasteiger partial charge on any atom is 0.303 e. The number of aliphatic carboxylic acids is 1. The van der Waals surface area contributed by atoms with Crippen LogP contribution >= 0.6 is 0 Å². The zero-order valence-electron chi connectivity index (χ0n) is 17.9. The van der Waals surface area contributed by atoms with Crippen molar-refractivity contribution in [2.24, 2.45) is 46.3 Å². The van der Waals surface area contributed by atoms with Crippen LogP contribution in [0, 0.1) is 46.3 Å². The predicted octanol–water partition coefficient (Wildman–Crippen LogP) is 4.48. The Morgan fingerprint density at radius 1 is 1.00 bits per heavy atom. The van der Waals surface area contributed by atoms with Crippen LogP contribution in [0.15, 0.2) is 0 Å². The first-order valence-corrected chi connectivity index (χ1v) is 11.7. The molecule has 0 amide bonds. The van der Waals surface area contributed by atoms with Crippen molar-refractivity contribution in [1.82, 2.24) is 0 Å². The fraction of sp³-hybridized carbons (Fsp3) is 0.958. The third-order valence-corrected chi connectivity index (χ3v) is 10.2. The van der Waals surface area contributed by atoms with Crippen LogP contribution in [0.5, 0.6) is 0 Å². The number of carboxylic acid groups (broad SMARTS) is 1. The molecule has 0 aromatic heterocycles. The van der Waals surface area contributed by atoms with Crippen LogP contribution in [0.3, 0.4) is 0 Å². The van der Waals surface area contributed by atoms with Crippen LogP contribution in [0.4, 0.5) is 0 Å². The number of fused-ring (bicyclic) bond motifs is 5. The van der Waals surface area contributed by atoms with Gasteiger partial charge in [-0.15, -0.1) is 0 Å². The molecule has 4 fully saturated rings.